The minimum Gasteiger partial charge on any atom is -0.464 e. The number of hydrogen-bond donors (Lipinski definition) is 2. The van der Waals surface area contributed by atoms with E-state index in [2.05, 4.69) is 15.5 Å². The van der Waals surface area contributed by atoms with Crippen LogP contribution < -0.4 is 10.6 Å². The van der Waals surface area contributed by atoms with E-state index in [1.54, 1.807) is 11.8 Å². The van der Waals surface area contributed by atoms with Gasteiger partial charge in [0, 0.05) is 18.3 Å². The second-order valence-corrected chi connectivity index (χ2v) is 8.70. The summed E-state index contributed by atoms with van der Waals surface area (Å²) < 4.78 is 5.80. The number of nitro groups is 1. The monoisotopic (exact) mass is 410 g/mol. The van der Waals surface area contributed by atoms with Crippen LogP contribution in [0.2, 0.25) is 0 Å². The molecular formula is C20H34N4O3S. The fourth-order valence-electron chi connectivity index (χ4n) is 3.39. The van der Waals surface area contributed by atoms with Crippen LogP contribution in [-0.4, -0.2) is 42.3 Å². The van der Waals surface area contributed by atoms with Crippen LogP contribution in [0.5, 0.6) is 0 Å². The Morgan fingerprint density at radius 2 is 1.93 bits per heavy atom. The highest BCUT2D eigenvalue weighted by atomic mass is 32.2. The summed E-state index contributed by atoms with van der Waals surface area (Å²) in [7, 11) is 4.03. The molecule has 2 N–H and O–H groups in total. The van der Waals surface area contributed by atoms with Crippen molar-refractivity contribution in [2.24, 2.45) is 0 Å². The lowest BCUT2D eigenvalue weighted by atomic mass is 9.97. The smallest absolute Gasteiger partial charge is 0.274 e. The van der Waals surface area contributed by atoms with Crippen LogP contribution in [-0.2, 0) is 12.3 Å². The van der Waals surface area contributed by atoms with Gasteiger partial charge in [-0.2, -0.15) is 11.8 Å². The van der Waals surface area contributed by atoms with Gasteiger partial charge in [0.25, 0.3) is 6.20 Å². The van der Waals surface area contributed by atoms with Gasteiger partial charge < -0.3 is 20.0 Å². The number of nitrogens with zero attached hydrogens (tertiary/aromatic N) is 2. The topological polar surface area (TPSA) is 83.6 Å². The molecule has 1 aliphatic carbocycles. The lowest BCUT2D eigenvalue weighted by Gasteiger charge is -2.23. The molecule has 1 fully saturated rings. The molecule has 0 bridgehead atoms. The van der Waals surface area contributed by atoms with Crippen LogP contribution in [0.3, 0.4) is 0 Å². The molecule has 1 heterocycles. The van der Waals surface area contributed by atoms with Crippen molar-refractivity contribution in [2.75, 3.05) is 26.4 Å². The Morgan fingerprint density at radius 1 is 1.25 bits per heavy atom. The fraction of sp³-hybridized carbons (Fsp3) is 0.700. The van der Waals surface area contributed by atoms with Crippen molar-refractivity contribution in [1.82, 2.24) is 15.5 Å². The van der Waals surface area contributed by atoms with Crippen LogP contribution in [0.15, 0.2) is 28.6 Å². The van der Waals surface area contributed by atoms with Crippen molar-refractivity contribution < 1.29 is 9.34 Å². The summed E-state index contributed by atoms with van der Waals surface area (Å²) in [5.41, 5.74) is 0. The molecule has 1 aliphatic rings. The van der Waals surface area contributed by atoms with Gasteiger partial charge in [0.05, 0.1) is 17.2 Å². The molecule has 0 amide bonds. The first kappa shape index (κ1) is 22.6. The predicted octanol–water partition coefficient (Wildman–Crippen LogP) is 3.94. The Hall–Kier alpha value is -1.67. The summed E-state index contributed by atoms with van der Waals surface area (Å²) in [6, 6.07) is 4.36. The molecular weight excluding hydrogens is 376 g/mol. The number of hydrogen-bond acceptors (Lipinski definition) is 7. The third kappa shape index (κ3) is 9.50. The molecule has 0 atom stereocenters. The van der Waals surface area contributed by atoms with E-state index in [-0.39, 0.29) is 4.92 Å². The first-order chi connectivity index (χ1) is 13.5. The van der Waals surface area contributed by atoms with Crippen LogP contribution >= 0.6 is 11.8 Å². The third-order valence-electron chi connectivity index (χ3n) is 4.69. The summed E-state index contributed by atoms with van der Waals surface area (Å²) in [5, 5.41) is 17.5. The minimum absolute atomic E-state index is 0.324. The maximum Gasteiger partial charge on any atom is 0.274 e. The van der Waals surface area contributed by atoms with Crippen molar-refractivity contribution in [3.8, 4) is 0 Å². The summed E-state index contributed by atoms with van der Waals surface area (Å²) in [6.45, 7) is 1.48. The van der Waals surface area contributed by atoms with E-state index < -0.39 is 0 Å². The van der Waals surface area contributed by atoms with Crippen molar-refractivity contribution >= 4 is 11.8 Å². The lowest BCUT2D eigenvalue weighted by Crippen LogP contribution is -2.36. The van der Waals surface area contributed by atoms with Gasteiger partial charge in [-0.3, -0.25) is 10.1 Å². The van der Waals surface area contributed by atoms with E-state index in [9.17, 15) is 10.1 Å². The van der Waals surface area contributed by atoms with Crippen LogP contribution in [0.25, 0.3) is 0 Å². The Bertz CT molecular complexity index is 610. The molecule has 0 radical (unpaired) electrons. The second kappa shape index (κ2) is 12.7. The van der Waals surface area contributed by atoms with Gasteiger partial charge in [0.2, 0.25) is 0 Å². The Labute approximate surface area is 172 Å². The molecule has 1 saturated carbocycles. The van der Waals surface area contributed by atoms with Gasteiger partial charge in [-0.1, -0.05) is 32.1 Å². The maximum atomic E-state index is 11.0. The van der Waals surface area contributed by atoms with Gasteiger partial charge in [-0.25, -0.2) is 0 Å². The zero-order valence-corrected chi connectivity index (χ0v) is 17.9. The van der Waals surface area contributed by atoms with E-state index in [0.29, 0.717) is 18.4 Å². The molecule has 1 aromatic rings. The summed E-state index contributed by atoms with van der Waals surface area (Å²) in [4.78, 5) is 12.6. The highest BCUT2D eigenvalue weighted by molar-refractivity contribution is 7.98. The second-order valence-electron chi connectivity index (χ2n) is 7.60. The van der Waals surface area contributed by atoms with Gasteiger partial charge in [-0.05, 0) is 39.1 Å². The molecule has 1 aromatic heterocycles. The minimum atomic E-state index is -0.388. The van der Waals surface area contributed by atoms with E-state index in [1.807, 2.05) is 26.2 Å². The van der Waals surface area contributed by atoms with Gasteiger partial charge in [-0.15, -0.1) is 0 Å². The van der Waals surface area contributed by atoms with Crippen molar-refractivity contribution in [1.29, 1.82) is 0 Å². The Kier molecular flexibility index (Phi) is 10.3. The van der Waals surface area contributed by atoms with E-state index in [1.165, 1.54) is 32.1 Å². The molecule has 0 spiro atoms. The zero-order chi connectivity index (χ0) is 20.2. The largest absolute Gasteiger partial charge is 0.464 e. The highest BCUT2D eigenvalue weighted by Crippen LogP contribution is 2.18. The first-order valence-electron chi connectivity index (χ1n) is 10.2. The number of nitrogens with one attached hydrogen (secondary N) is 2. The molecule has 7 nitrogen and oxygen atoms in total. The first-order valence-corrected chi connectivity index (χ1v) is 11.3. The van der Waals surface area contributed by atoms with Crippen LogP contribution in [0.4, 0.5) is 0 Å². The van der Waals surface area contributed by atoms with Gasteiger partial charge in [0.15, 0.2) is 5.82 Å². The molecule has 158 valence electrons. The fourth-order valence-corrected chi connectivity index (χ4v) is 4.13. The Morgan fingerprint density at radius 3 is 2.61 bits per heavy atom. The molecule has 0 unspecified atom stereocenters. The average Bonchev–Trinajstić information content (AvgIpc) is 3.02. The Balaban J connectivity index is 1.71. The summed E-state index contributed by atoms with van der Waals surface area (Å²) in [5.74, 6) is 4.13. The molecule has 2 rings (SSSR count). The highest BCUT2D eigenvalue weighted by Gasteiger charge is 2.14. The van der Waals surface area contributed by atoms with Crippen LogP contribution in [0.1, 0.15) is 56.5 Å². The van der Waals surface area contributed by atoms with Crippen molar-refractivity contribution in [3.63, 3.8) is 0 Å². The van der Waals surface area contributed by atoms with Crippen molar-refractivity contribution in [3.05, 3.63) is 45.8 Å². The molecule has 0 saturated heterocycles. The molecule has 0 aliphatic heterocycles. The SMILES string of the molecule is CN(C)Cc1ccc(CSCCN/C(=C/[N+](=O)[O-])NC2CCCCCCC2)o1. The standard InChI is InChI=1S/C20H34N4O3S/c1-23(2)14-18-10-11-19(27-18)16-28-13-12-21-20(15-24(25)26)22-17-8-6-4-3-5-7-9-17/h10-11,15,17,21-22H,3-9,12-14,16H2,1-2H3/b20-15-. The molecule has 0 aromatic carbocycles. The summed E-state index contributed by atoms with van der Waals surface area (Å²) in [6.07, 6.45) is 9.45. The quantitative estimate of drug-likeness (QED) is 0.325. The average molecular weight is 411 g/mol. The summed E-state index contributed by atoms with van der Waals surface area (Å²) >= 11 is 1.76. The van der Waals surface area contributed by atoms with E-state index in [0.717, 1.165) is 48.6 Å². The molecule has 28 heavy (non-hydrogen) atoms. The number of furan rings is 1. The van der Waals surface area contributed by atoms with Gasteiger partial charge >= 0.3 is 0 Å². The van der Waals surface area contributed by atoms with E-state index >= 15 is 0 Å². The molecule has 8 heteroatoms. The van der Waals surface area contributed by atoms with Crippen LogP contribution in [0, 0.1) is 10.1 Å². The maximum absolute atomic E-state index is 11.0. The third-order valence-corrected chi connectivity index (χ3v) is 5.68. The normalized spacial score (nSPS) is 16.6. The van der Waals surface area contributed by atoms with Crippen molar-refractivity contribution in [2.45, 2.75) is 63.3 Å². The predicted molar refractivity (Wildman–Crippen MR) is 115 cm³/mol. The number of rotatable bonds is 11. The number of thioether (sulfide) groups is 1. The zero-order valence-electron chi connectivity index (χ0n) is 17.1. The van der Waals surface area contributed by atoms with Gasteiger partial charge in [0.1, 0.15) is 11.5 Å². The van der Waals surface area contributed by atoms with E-state index in [4.69, 9.17) is 4.42 Å². The lowest BCUT2D eigenvalue weighted by molar-refractivity contribution is -0.404.